The molecule has 20 heavy (non-hydrogen) atoms. The summed E-state index contributed by atoms with van der Waals surface area (Å²) in [4.78, 5) is 16.2. The van der Waals surface area contributed by atoms with E-state index in [0.717, 1.165) is 17.0 Å². The molecule has 100 valence electrons. The summed E-state index contributed by atoms with van der Waals surface area (Å²) in [6.07, 6.45) is 3.75. The summed E-state index contributed by atoms with van der Waals surface area (Å²) in [6.45, 7) is 1.93. The zero-order valence-corrected chi connectivity index (χ0v) is 11.0. The van der Waals surface area contributed by atoms with Crippen molar-refractivity contribution in [2.75, 3.05) is 10.6 Å². The number of pyridine rings is 1. The number of nitrogens with zero attached hydrogens (tertiary/aromatic N) is 2. The second-order valence-electron chi connectivity index (χ2n) is 4.51. The fourth-order valence-corrected chi connectivity index (χ4v) is 2.01. The first-order valence-electron chi connectivity index (χ1n) is 6.29. The molecule has 0 aliphatic heterocycles. The van der Waals surface area contributed by atoms with Crippen LogP contribution in [0.2, 0.25) is 0 Å². The van der Waals surface area contributed by atoms with Crippen LogP contribution < -0.4 is 10.6 Å². The molecule has 0 unspecified atom stereocenters. The molecule has 0 aliphatic carbocycles. The number of urea groups is 1. The molecule has 3 aromatic rings. The number of aromatic nitrogens is 2. The minimum Gasteiger partial charge on any atom is -0.308 e. The van der Waals surface area contributed by atoms with Crippen LogP contribution in [0.25, 0.3) is 5.65 Å². The topological polar surface area (TPSA) is 58.4 Å². The van der Waals surface area contributed by atoms with E-state index in [1.54, 1.807) is 0 Å². The van der Waals surface area contributed by atoms with Gasteiger partial charge in [-0.3, -0.25) is 0 Å². The first-order chi connectivity index (χ1) is 9.70. The number of hydrogen-bond donors (Lipinski definition) is 2. The molecular formula is C15H14N4O. The number of nitrogens with one attached hydrogen (secondary N) is 2. The molecule has 2 aromatic heterocycles. The van der Waals surface area contributed by atoms with Crippen LogP contribution in [0.4, 0.5) is 16.2 Å². The van der Waals surface area contributed by atoms with Crippen LogP contribution in [0.5, 0.6) is 0 Å². The van der Waals surface area contributed by atoms with Crippen LogP contribution in [0.3, 0.4) is 0 Å². The number of benzene rings is 1. The standard InChI is InChI=1S/C15H14N4O/c1-11-9-19-10-13(7-8-14(19)16-11)18-15(20)17-12-5-3-2-4-6-12/h2-10H,1H3,(H2,17,18,20). The molecule has 0 spiro atoms. The lowest BCUT2D eigenvalue weighted by molar-refractivity contribution is 0.262. The summed E-state index contributed by atoms with van der Waals surface area (Å²) < 4.78 is 1.88. The molecule has 1 aromatic carbocycles. The summed E-state index contributed by atoms with van der Waals surface area (Å²) in [5.41, 5.74) is 3.26. The summed E-state index contributed by atoms with van der Waals surface area (Å²) in [6, 6.07) is 12.7. The van der Waals surface area contributed by atoms with Crippen molar-refractivity contribution < 1.29 is 4.79 Å². The summed E-state index contributed by atoms with van der Waals surface area (Å²) in [5, 5.41) is 5.56. The van der Waals surface area contributed by atoms with E-state index in [1.165, 1.54) is 0 Å². The van der Waals surface area contributed by atoms with Gasteiger partial charge in [0.2, 0.25) is 0 Å². The number of aryl methyl sites for hydroxylation is 1. The highest BCUT2D eigenvalue weighted by Crippen LogP contribution is 2.12. The molecule has 5 heteroatoms. The molecule has 2 heterocycles. The Morgan fingerprint density at radius 1 is 1.00 bits per heavy atom. The van der Waals surface area contributed by atoms with Crippen LogP contribution in [0, 0.1) is 6.92 Å². The first-order valence-corrected chi connectivity index (χ1v) is 6.29. The number of carbonyl (C=O) groups excluding carboxylic acids is 1. The Kier molecular flexibility index (Phi) is 3.09. The van der Waals surface area contributed by atoms with Crippen molar-refractivity contribution >= 4 is 23.1 Å². The maximum absolute atomic E-state index is 11.9. The van der Waals surface area contributed by atoms with Gasteiger partial charge >= 0.3 is 6.03 Å². The number of amides is 2. The lowest BCUT2D eigenvalue weighted by Gasteiger charge is -2.07. The lowest BCUT2D eigenvalue weighted by atomic mass is 10.3. The molecule has 5 nitrogen and oxygen atoms in total. The third kappa shape index (κ3) is 2.61. The maximum Gasteiger partial charge on any atom is 0.323 e. The zero-order valence-electron chi connectivity index (χ0n) is 11.0. The number of para-hydroxylation sites is 1. The molecule has 2 N–H and O–H groups in total. The normalized spacial score (nSPS) is 10.4. The van der Waals surface area contributed by atoms with Crippen molar-refractivity contribution in [2.24, 2.45) is 0 Å². The molecule has 0 saturated heterocycles. The van der Waals surface area contributed by atoms with Crippen LogP contribution in [0.15, 0.2) is 54.9 Å². The van der Waals surface area contributed by atoms with E-state index in [0.29, 0.717) is 5.69 Å². The second-order valence-corrected chi connectivity index (χ2v) is 4.51. The van der Waals surface area contributed by atoms with Gasteiger partial charge in [0, 0.05) is 18.1 Å². The van der Waals surface area contributed by atoms with E-state index in [4.69, 9.17) is 0 Å². The molecule has 0 bridgehead atoms. The smallest absolute Gasteiger partial charge is 0.308 e. The van der Waals surface area contributed by atoms with Gasteiger partial charge in [-0.25, -0.2) is 9.78 Å². The van der Waals surface area contributed by atoms with Gasteiger partial charge in [0.15, 0.2) is 0 Å². The predicted molar refractivity (Wildman–Crippen MR) is 79.0 cm³/mol. The van der Waals surface area contributed by atoms with Gasteiger partial charge in [0.05, 0.1) is 11.4 Å². The largest absolute Gasteiger partial charge is 0.323 e. The predicted octanol–water partition coefficient (Wildman–Crippen LogP) is 3.29. The highest BCUT2D eigenvalue weighted by atomic mass is 16.2. The number of carbonyl (C=O) groups is 1. The van der Waals surface area contributed by atoms with Crippen LogP contribution in [-0.2, 0) is 0 Å². The van der Waals surface area contributed by atoms with Crippen molar-refractivity contribution in [3.05, 3.63) is 60.6 Å². The SMILES string of the molecule is Cc1cn2cc(NC(=O)Nc3ccccc3)ccc2n1. The van der Waals surface area contributed by atoms with Crippen LogP contribution in [-0.4, -0.2) is 15.4 Å². The van der Waals surface area contributed by atoms with E-state index < -0.39 is 0 Å². The number of rotatable bonds is 2. The third-order valence-corrected chi connectivity index (χ3v) is 2.86. The van der Waals surface area contributed by atoms with Gasteiger partial charge in [0.25, 0.3) is 0 Å². The molecule has 0 saturated carbocycles. The van der Waals surface area contributed by atoms with Gasteiger partial charge in [0.1, 0.15) is 5.65 Å². The van der Waals surface area contributed by atoms with E-state index in [-0.39, 0.29) is 6.03 Å². The summed E-state index contributed by atoms with van der Waals surface area (Å²) in [7, 11) is 0. The molecule has 0 atom stereocenters. The Morgan fingerprint density at radius 3 is 2.55 bits per heavy atom. The van der Waals surface area contributed by atoms with Crippen molar-refractivity contribution in [1.82, 2.24) is 9.38 Å². The van der Waals surface area contributed by atoms with Crippen LogP contribution in [0.1, 0.15) is 5.69 Å². The average Bonchev–Trinajstić information content (AvgIpc) is 2.79. The Balaban J connectivity index is 1.74. The van der Waals surface area contributed by atoms with Gasteiger partial charge in [-0.2, -0.15) is 0 Å². The van der Waals surface area contributed by atoms with Gasteiger partial charge in [-0.05, 0) is 31.2 Å². The third-order valence-electron chi connectivity index (χ3n) is 2.86. The molecular weight excluding hydrogens is 252 g/mol. The van der Waals surface area contributed by atoms with Crippen molar-refractivity contribution in [1.29, 1.82) is 0 Å². The Hall–Kier alpha value is -2.82. The number of anilines is 2. The Labute approximate surface area is 116 Å². The minimum absolute atomic E-state index is 0.271. The van der Waals surface area contributed by atoms with E-state index in [1.807, 2.05) is 66.2 Å². The van der Waals surface area contributed by atoms with E-state index in [2.05, 4.69) is 15.6 Å². The molecule has 2 amide bonds. The van der Waals surface area contributed by atoms with E-state index >= 15 is 0 Å². The average molecular weight is 266 g/mol. The quantitative estimate of drug-likeness (QED) is 0.747. The highest BCUT2D eigenvalue weighted by molar-refractivity contribution is 5.99. The highest BCUT2D eigenvalue weighted by Gasteiger charge is 2.04. The Bertz CT molecular complexity index is 749. The van der Waals surface area contributed by atoms with Gasteiger partial charge in [-0.1, -0.05) is 18.2 Å². The number of fused-ring (bicyclic) bond motifs is 1. The lowest BCUT2D eigenvalue weighted by Crippen LogP contribution is -2.19. The van der Waals surface area contributed by atoms with Gasteiger partial charge < -0.3 is 15.0 Å². The monoisotopic (exact) mass is 266 g/mol. The zero-order chi connectivity index (χ0) is 13.9. The molecule has 3 rings (SSSR count). The fraction of sp³-hybridized carbons (Fsp3) is 0.0667. The summed E-state index contributed by atoms with van der Waals surface area (Å²) in [5.74, 6) is 0. The van der Waals surface area contributed by atoms with Crippen molar-refractivity contribution in [2.45, 2.75) is 6.92 Å². The molecule has 0 radical (unpaired) electrons. The second kappa shape index (κ2) is 5.05. The Morgan fingerprint density at radius 2 is 1.75 bits per heavy atom. The number of imidazole rings is 1. The van der Waals surface area contributed by atoms with Gasteiger partial charge in [-0.15, -0.1) is 0 Å². The van der Waals surface area contributed by atoms with Crippen LogP contribution >= 0.6 is 0 Å². The summed E-state index contributed by atoms with van der Waals surface area (Å²) >= 11 is 0. The van der Waals surface area contributed by atoms with Crippen molar-refractivity contribution in [3.63, 3.8) is 0 Å². The maximum atomic E-state index is 11.9. The molecule has 0 fully saturated rings. The fourth-order valence-electron chi connectivity index (χ4n) is 2.01. The van der Waals surface area contributed by atoms with E-state index in [9.17, 15) is 4.79 Å². The minimum atomic E-state index is -0.271. The first kappa shape index (κ1) is 12.2. The number of hydrogen-bond acceptors (Lipinski definition) is 2. The molecule has 0 aliphatic rings. The van der Waals surface area contributed by atoms with Crippen molar-refractivity contribution in [3.8, 4) is 0 Å².